The zero-order valence-electron chi connectivity index (χ0n) is 9.67. The maximum absolute atomic E-state index is 8.88. The second kappa shape index (κ2) is 7.67. The molecule has 1 N–H and O–H groups in total. The summed E-state index contributed by atoms with van der Waals surface area (Å²) in [5.74, 6) is 0. The molecule has 1 rings (SSSR count). The van der Waals surface area contributed by atoms with Crippen LogP contribution in [0.4, 0.5) is 0 Å². The lowest BCUT2D eigenvalue weighted by Crippen LogP contribution is -2.29. The standard InChI is InChI=1S/C12H22N2O/c1-2-8-14-11(10-13)7-9-15-12-5-3-4-6-12/h11-12,14H,2-9H2,1H3. The molecule has 1 atom stereocenters. The van der Waals surface area contributed by atoms with Crippen molar-refractivity contribution in [1.82, 2.24) is 5.32 Å². The van der Waals surface area contributed by atoms with Gasteiger partial charge in [0.25, 0.3) is 0 Å². The number of nitrogens with zero attached hydrogens (tertiary/aromatic N) is 1. The lowest BCUT2D eigenvalue weighted by molar-refractivity contribution is 0.0544. The van der Waals surface area contributed by atoms with Crippen LogP contribution in [0.1, 0.15) is 45.4 Å². The van der Waals surface area contributed by atoms with E-state index in [2.05, 4.69) is 18.3 Å². The number of rotatable bonds is 7. The first kappa shape index (κ1) is 12.5. The minimum atomic E-state index is -0.0358. The van der Waals surface area contributed by atoms with Gasteiger partial charge < -0.3 is 10.1 Å². The Bertz CT molecular complexity index is 194. The van der Waals surface area contributed by atoms with E-state index in [1.165, 1.54) is 25.7 Å². The van der Waals surface area contributed by atoms with Gasteiger partial charge in [-0.25, -0.2) is 0 Å². The van der Waals surface area contributed by atoms with E-state index in [-0.39, 0.29) is 6.04 Å². The van der Waals surface area contributed by atoms with Crippen LogP contribution < -0.4 is 5.32 Å². The Labute approximate surface area is 92.8 Å². The Balaban J connectivity index is 2.03. The number of hydrogen-bond acceptors (Lipinski definition) is 3. The van der Waals surface area contributed by atoms with Gasteiger partial charge in [0, 0.05) is 6.61 Å². The topological polar surface area (TPSA) is 45.0 Å². The van der Waals surface area contributed by atoms with Crippen molar-refractivity contribution >= 4 is 0 Å². The van der Waals surface area contributed by atoms with E-state index in [0.29, 0.717) is 6.10 Å². The van der Waals surface area contributed by atoms with Crippen LogP contribution in [0.25, 0.3) is 0 Å². The molecule has 1 saturated carbocycles. The van der Waals surface area contributed by atoms with Crippen LogP contribution in [-0.2, 0) is 4.74 Å². The van der Waals surface area contributed by atoms with Crippen LogP contribution in [0, 0.1) is 11.3 Å². The summed E-state index contributed by atoms with van der Waals surface area (Å²) in [4.78, 5) is 0. The minimum absolute atomic E-state index is 0.0358. The molecule has 1 aliphatic rings. The SMILES string of the molecule is CCCNC(C#N)CCOC1CCCC1. The summed E-state index contributed by atoms with van der Waals surface area (Å²) in [5, 5.41) is 12.1. The van der Waals surface area contributed by atoms with E-state index >= 15 is 0 Å². The van der Waals surface area contributed by atoms with Gasteiger partial charge in [0.2, 0.25) is 0 Å². The van der Waals surface area contributed by atoms with E-state index in [0.717, 1.165) is 26.0 Å². The third-order valence-electron chi connectivity index (χ3n) is 2.86. The lowest BCUT2D eigenvalue weighted by Gasteiger charge is -2.14. The van der Waals surface area contributed by atoms with Crippen molar-refractivity contribution in [3.05, 3.63) is 0 Å². The van der Waals surface area contributed by atoms with Crippen LogP contribution in [0.3, 0.4) is 0 Å². The quantitative estimate of drug-likeness (QED) is 0.701. The number of ether oxygens (including phenoxy) is 1. The fourth-order valence-corrected chi connectivity index (χ4v) is 1.94. The van der Waals surface area contributed by atoms with Crippen molar-refractivity contribution in [2.45, 2.75) is 57.6 Å². The summed E-state index contributed by atoms with van der Waals surface area (Å²) in [7, 11) is 0. The smallest absolute Gasteiger partial charge is 0.0975 e. The summed E-state index contributed by atoms with van der Waals surface area (Å²) in [6.45, 7) is 3.75. The summed E-state index contributed by atoms with van der Waals surface area (Å²) in [6.07, 6.45) is 7.38. The molecule has 1 aliphatic carbocycles. The molecule has 0 spiro atoms. The van der Waals surface area contributed by atoms with Gasteiger partial charge >= 0.3 is 0 Å². The van der Waals surface area contributed by atoms with Crippen LogP contribution in [-0.4, -0.2) is 25.3 Å². The molecule has 0 radical (unpaired) electrons. The maximum Gasteiger partial charge on any atom is 0.0975 e. The highest BCUT2D eigenvalue weighted by Gasteiger charge is 2.15. The summed E-state index contributed by atoms with van der Waals surface area (Å²) in [5.41, 5.74) is 0. The van der Waals surface area contributed by atoms with E-state index in [1.54, 1.807) is 0 Å². The fourth-order valence-electron chi connectivity index (χ4n) is 1.94. The Morgan fingerprint density at radius 1 is 1.47 bits per heavy atom. The second-order valence-electron chi connectivity index (χ2n) is 4.20. The average molecular weight is 210 g/mol. The third-order valence-corrected chi connectivity index (χ3v) is 2.86. The van der Waals surface area contributed by atoms with Gasteiger partial charge in [-0.15, -0.1) is 0 Å². The molecule has 0 aromatic heterocycles. The molecule has 1 unspecified atom stereocenters. The van der Waals surface area contributed by atoms with Gasteiger partial charge in [-0.05, 0) is 32.2 Å². The summed E-state index contributed by atoms with van der Waals surface area (Å²) < 4.78 is 5.72. The first-order valence-electron chi connectivity index (χ1n) is 6.11. The predicted molar refractivity (Wildman–Crippen MR) is 60.5 cm³/mol. The Morgan fingerprint density at radius 2 is 2.20 bits per heavy atom. The largest absolute Gasteiger partial charge is 0.378 e. The Morgan fingerprint density at radius 3 is 2.80 bits per heavy atom. The number of nitriles is 1. The monoisotopic (exact) mass is 210 g/mol. The molecule has 1 fully saturated rings. The van der Waals surface area contributed by atoms with Crippen molar-refractivity contribution in [2.24, 2.45) is 0 Å². The first-order chi connectivity index (χ1) is 7.36. The van der Waals surface area contributed by atoms with Crippen LogP contribution in [0.2, 0.25) is 0 Å². The molecule has 0 bridgehead atoms. The number of nitrogens with one attached hydrogen (secondary N) is 1. The number of hydrogen-bond donors (Lipinski definition) is 1. The van der Waals surface area contributed by atoms with Crippen molar-refractivity contribution in [3.8, 4) is 6.07 Å². The Hall–Kier alpha value is -0.590. The van der Waals surface area contributed by atoms with Crippen molar-refractivity contribution in [3.63, 3.8) is 0 Å². The summed E-state index contributed by atoms with van der Waals surface area (Å²) in [6, 6.07) is 2.24. The van der Waals surface area contributed by atoms with Gasteiger partial charge in [0.05, 0.1) is 18.2 Å². The summed E-state index contributed by atoms with van der Waals surface area (Å²) >= 11 is 0. The van der Waals surface area contributed by atoms with Crippen LogP contribution in [0.15, 0.2) is 0 Å². The maximum atomic E-state index is 8.88. The molecule has 0 saturated heterocycles. The van der Waals surface area contributed by atoms with Crippen LogP contribution in [0.5, 0.6) is 0 Å². The van der Waals surface area contributed by atoms with E-state index in [9.17, 15) is 0 Å². The highest BCUT2D eigenvalue weighted by molar-refractivity contribution is 4.89. The van der Waals surface area contributed by atoms with Gasteiger partial charge in [0.15, 0.2) is 0 Å². The van der Waals surface area contributed by atoms with E-state index < -0.39 is 0 Å². The van der Waals surface area contributed by atoms with Crippen molar-refractivity contribution in [2.75, 3.05) is 13.2 Å². The molecule has 0 aromatic rings. The van der Waals surface area contributed by atoms with Crippen molar-refractivity contribution < 1.29 is 4.74 Å². The van der Waals surface area contributed by atoms with E-state index in [4.69, 9.17) is 10.00 Å². The normalized spacial score (nSPS) is 18.9. The van der Waals surface area contributed by atoms with E-state index in [1.807, 2.05) is 0 Å². The van der Waals surface area contributed by atoms with Gasteiger partial charge in [-0.1, -0.05) is 19.8 Å². The molecule has 3 heteroatoms. The third kappa shape index (κ3) is 5.15. The molecule has 0 aromatic carbocycles. The zero-order valence-corrected chi connectivity index (χ0v) is 9.67. The lowest BCUT2D eigenvalue weighted by atomic mass is 10.2. The molecule has 0 aliphatic heterocycles. The molecule has 86 valence electrons. The predicted octanol–water partition coefficient (Wildman–Crippen LogP) is 2.23. The molecule has 15 heavy (non-hydrogen) atoms. The van der Waals surface area contributed by atoms with Gasteiger partial charge in [0.1, 0.15) is 0 Å². The fraction of sp³-hybridized carbons (Fsp3) is 0.917. The minimum Gasteiger partial charge on any atom is -0.378 e. The highest BCUT2D eigenvalue weighted by Crippen LogP contribution is 2.20. The van der Waals surface area contributed by atoms with Gasteiger partial charge in [-0.2, -0.15) is 5.26 Å². The molecule has 0 heterocycles. The van der Waals surface area contributed by atoms with Gasteiger partial charge in [-0.3, -0.25) is 0 Å². The molecule has 3 nitrogen and oxygen atoms in total. The molecular weight excluding hydrogens is 188 g/mol. The average Bonchev–Trinajstić information content (AvgIpc) is 2.76. The second-order valence-corrected chi connectivity index (χ2v) is 4.20. The molecular formula is C12H22N2O. The first-order valence-corrected chi connectivity index (χ1v) is 6.11. The Kier molecular flexibility index (Phi) is 6.38. The van der Waals surface area contributed by atoms with Crippen molar-refractivity contribution in [1.29, 1.82) is 5.26 Å². The molecule has 0 amide bonds. The van der Waals surface area contributed by atoms with Crippen LogP contribution >= 0.6 is 0 Å². The highest BCUT2D eigenvalue weighted by atomic mass is 16.5. The zero-order chi connectivity index (χ0) is 10.9.